The van der Waals surface area contributed by atoms with Crippen LogP contribution in [-0.2, 0) is 4.74 Å². The maximum atomic E-state index is 11.8. The number of ether oxygens (including phenoxy) is 1. The van der Waals surface area contributed by atoms with Crippen molar-refractivity contribution in [3.05, 3.63) is 48.3 Å². The van der Waals surface area contributed by atoms with Crippen molar-refractivity contribution in [1.29, 1.82) is 0 Å². The molecule has 1 unspecified atom stereocenters. The van der Waals surface area contributed by atoms with E-state index in [0.29, 0.717) is 11.5 Å². The Morgan fingerprint density at radius 1 is 1.31 bits per heavy atom. The normalized spacial score (nSPS) is 12.6. The molecule has 84 valence electrons. The Morgan fingerprint density at radius 2 is 2.06 bits per heavy atom. The second-order valence-corrected chi connectivity index (χ2v) is 3.34. The molecule has 2 aromatic heterocycles. The monoisotopic (exact) mass is 220 g/mol. The summed E-state index contributed by atoms with van der Waals surface area (Å²) < 4.78 is 15.4. The van der Waals surface area contributed by atoms with Gasteiger partial charge in [0.15, 0.2) is 5.76 Å². The first-order valence-corrected chi connectivity index (χ1v) is 4.94. The molecule has 0 saturated heterocycles. The zero-order chi connectivity index (χ0) is 11.4. The van der Waals surface area contributed by atoms with Crippen molar-refractivity contribution in [3.8, 4) is 0 Å². The van der Waals surface area contributed by atoms with Crippen LogP contribution in [0.4, 0.5) is 0 Å². The van der Waals surface area contributed by atoms with Gasteiger partial charge in [-0.25, -0.2) is 0 Å². The fourth-order valence-corrected chi connectivity index (χ4v) is 1.48. The van der Waals surface area contributed by atoms with Gasteiger partial charge in [-0.2, -0.15) is 0 Å². The number of carbonyl (C=O) groups is 1. The molecule has 4 nitrogen and oxygen atoms in total. The molecule has 16 heavy (non-hydrogen) atoms. The first-order valence-electron chi connectivity index (χ1n) is 4.94. The molecule has 0 spiro atoms. The average molecular weight is 220 g/mol. The van der Waals surface area contributed by atoms with E-state index in [1.165, 1.54) is 6.26 Å². The fourth-order valence-electron chi connectivity index (χ4n) is 1.48. The van der Waals surface area contributed by atoms with Gasteiger partial charge in [0.05, 0.1) is 12.5 Å². The van der Waals surface area contributed by atoms with Crippen molar-refractivity contribution < 1.29 is 18.4 Å². The molecule has 0 aliphatic heterocycles. The minimum absolute atomic E-state index is 0.103. The Kier molecular flexibility index (Phi) is 3.22. The van der Waals surface area contributed by atoms with Crippen molar-refractivity contribution in [2.45, 2.75) is 12.5 Å². The maximum absolute atomic E-state index is 11.8. The Hall–Kier alpha value is -1.81. The summed E-state index contributed by atoms with van der Waals surface area (Å²) in [5, 5.41) is 0. The molecule has 0 aliphatic carbocycles. The van der Waals surface area contributed by atoms with Crippen LogP contribution in [0.1, 0.15) is 28.8 Å². The molecule has 2 aromatic rings. The van der Waals surface area contributed by atoms with Crippen LogP contribution < -0.4 is 0 Å². The summed E-state index contributed by atoms with van der Waals surface area (Å²) in [6.07, 6.45) is 2.87. The Morgan fingerprint density at radius 3 is 2.62 bits per heavy atom. The van der Waals surface area contributed by atoms with Crippen LogP contribution in [0, 0.1) is 0 Å². The van der Waals surface area contributed by atoms with Crippen LogP contribution >= 0.6 is 0 Å². The van der Waals surface area contributed by atoms with Gasteiger partial charge in [0.1, 0.15) is 11.9 Å². The Bertz CT molecular complexity index is 428. The van der Waals surface area contributed by atoms with Crippen molar-refractivity contribution in [3.63, 3.8) is 0 Å². The second kappa shape index (κ2) is 4.81. The highest BCUT2D eigenvalue weighted by atomic mass is 16.5. The quantitative estimate of drug-likeness (QED) is 0.727. The van der Waals surface area contributed by atoms with Crippen molar-refractivity contribution >= 4 is 5.78 Å². The van der Waals surface area contributed by atoms with Gasteiger partial charge in [-0.1, -0.05) is 0 Å². The molecule has 0 aliphatic rings. The third kappa shape index (κ3) is 2.23. The van der Waals surface area contributed by atoms with Crippen LogP contribution in [0.25, 0.3) is 0 Å². The lowest BCUT2D eigenvalue weighted by Crippen LogP contribution is -2.08. The average Bonchev–Trinajstić information content (AvgIpc) is 2.96. The summed E-state index contributed by atoms with van der Waals surface area (Å²) >= 11 is 0. The number of Topliss-reactive ketones (excluding diaryl/α,β-unsaturated/α-hetero) is 1. The molecule has 0 saturated carbocycles. The summed E-state index contributed by atoms with van der Waals surface area (Å²) in [6, 6.07) is 6.86. The highest BCUT2D eigenvalue weighted by molar-refractivity contribution is 5.93. The molecule has 2 heterocycles. The van der Waals surface area contributed by atoms with Gasteiger partial charge in [0.2, 0.25) is 5.78 Å². The second-order valence-electron chi connectivity index (χ2n) is 3.34. The van der Waals surface area contributed by atoms with Crippen LogP contribution in [0.2, 0.25) is 0 Å². The van der Waals surface area contributed by atoms with E-state index in [1.54, 1.807) is 37.6 Å². The van der Waals surface area contributed by atoms with Gasteiger partial charge in [-0.3, -0.25) is 4.79 Å². The van der Waals surface area contributed by atoms with E-state index in [1.807, 2.05) is 0 Å². The molecular weight excluding hydrogens is 208 g/mol. The lowest BCUT2D eigenvalue weighted by Gasteiger charge is -2.10. The third-order valence-corrected chi connectivity index (χ3v) is 2.31. The number of ketones is 1. The van der Waals surface area contributed by atoms with Crippen LogP contribution in [0.3, 0.4) is 0 Å². The van der Waals surface area contributed by atoms with Crippen molar-refractivity contribution in [1.82, 2.24) is 0 Å². The fraction of sp³-hybridized carbons (Fsp3) is 0.250. The number of hydrogen-bond acceptors (Lipinski definition) is 4. The lowest BCUT2D eigenvalue weighted by atomic mass is 10.1. The van der Waals surface area contributed by atoms with Gasteiger partial charge >= 0.3 is 0 Å². The number of methoxy groups -OCH3 is 1. The number of rotatable bonds is 5. The Labute approximate surface area is 92.8 Å². The summed E-state index contributed by atoms with van der Waals surface area (Å²) in [5.41, 5.74) is 0. The molecule has 0 amide bonds. The number of furan rings is 2. The van der Waals surface area contributed by atoms with E-state index < -0.39 is 0 Å². The summed E-state index contributed by atoms with van der Waals surface area (Å²) in [7, 11) is 1.54. The minimum atomic E-state index is -0.368. The standard InChI is InChI=1S/C12H12O4/c1-14-12(11-5-3-7-16-11)8-9(13)10-4-2-6-15-10/h2-7,12H,8H2,1H3. The Balaban J connectivity index is 2.05. The molecule has 0 bridgehead atoms. The first kappa shape index (κ1) is 10.7. The van der Waals surface area contributed by atoms with Gasteiger partial charge in [-0.15, -0.1) is 0 Å². The van der Waals surface area contributed by atoms with Crippen LogP contribution in [0.15, 0.2) is 45.6 Å². The lowest BCUT2D eigenvalue weighted by molar-refractivity contribution is 0.0618. The highest BCUT2D eigenvalue weighted by Gasteiger charge is 2.20. The van der Waals surface area contributed by atoms with Gasteiger partial charge in [0, 0.05) is 13.5 Å². The number of carbonyl (C=O) groups excluding carboxylic acids is 1. The van der Waals surface area contributed by atoms with E-state index in [2.05, 4.69) is 0 Å². The SMILES string of the molecule is COC(CC(=O)c1ccco1)c1ccco1. The zero-order valence-corrected chi connectivity index (χ0v) is 8.88. The van der Waals surface area contributed by atoms with Crippen molar-refractivity contribution in [2.75, 3.05) is 7.11 Å². The summed E-state index contributed by atoms with van der Waals surface area (Å²) in [4.78, 5) is 11.8. The summed E-state index contributed by atoms with van der Waals surface area (Å²) in [6.45, 7) is 0. The molecular formula is C12H12O4. The molecule has 0 N–H and O–H groups in total. The molecule has 2 rings (SSSR count). The topological polar surface area (TPSA) is 52.6 Å². The maximum Gasteiger partial charge on any atom is 0.201 e. The van der Waals surface area contributed by atoms with Crippen molar-refractivity contribution in [2.24, 2.45) is 0 Å². The predicted molar refractivity (Wildman–Crippen MR) is 56.1 cm³/mol. The predicted octanol–water partition coefficient (Wildman–Crippen LogP) is 2.83. The number of hydrogen-bond donors (Lipinski definition) is 0. The first-order chi connectivity index (χ1) is 7.81. The van der Waals surface area contributed by atoms with Gasteiger partial charge < -0.3 is 13.6 Å². The largest absolute Gasteiger partial charge is 0.467 e. The van der Waals surface area contributed by atoms with Gasteiger partial charge in [0.25, 0.3) is 0 Å². The highest BCUT2D eigenvalue weighted by Crippen LogP contribution is 2.22. The van der Waals surface area contributed by atoms with Crippen LogP contribution in [0.5, 0.6) is 0 Å². The summed E-state index contributed by atoms with van der Waals surface area (Å²) in [5.74, 6) is 0.879. The minimum Gasteiger partial charge on any atom is -0.467 e. The molecule has 1 atom stereocenters. The molecule has 4 heteroatoms. The third-order valence-electron chi connectivity index (χ3n) is 2.31. The van der Waals surface area contributed by atoms with E-state index in [-0.39, 0.29) is 18.3 Å². The van der Waals surface area contributed by atoms with Gasteiger partial charge in [-0.05, 0) is 24.3 Å². The van der Waals surface area contributed by atoms with E-state index in [9.17, 15) is 4.79 Å². The smallest absolute Gasteiger partial charge is 0.201 e. The van der Waals surface area contributed by atoms with E-state index in [4.69, 9.17) is 13.6 Å². The van der Waals surface area contributed by atoms with Crippen LogP contribution in [-0.4, -0.2) is 12.9 Å². The molecule has 0 fully saturated rings. The van der Waals surface area contributed by atoms with E-state index in [0.717, 1.165) is 0 Å². The zero-order valence-electron chi connectivity index (χ0n) is 8.88. The molecule has 0 radical (unpaired) electrons. The van der Waals surface area contributed by atoms with E-state index >= 15 is 0 Å². The molecule has 0 aromatic carbocycles.